The molecule has 1 aliphatic carbocycles. The van der Waals surface area contributed by atoms with Crippen molar-refractivity contribution in [3.63, 3.8) is 0 Å². The van der Waals surface area contributed by atoms with Gasteiger partial charge >= 0.3 is 5.97 Å². The second kappa shape index (κ2) is 8.47. The van der Waals surface area contributed by atoms with Gasteiger partial charge in [0, 0.05) is 11.8 Å². The highest BCUT2D eigenvalue weighted by atomic mass is 32.1. The number of amides is 2. The molecular weight excluding hydrogens is 390 g/mol. The number of fused-ring (bicyclic) bond motifs is 1. The summed E-state index contributed by atoms with van der Waals surface area (Å²) in [5, 5.41) is 5.08. The minimum atomic E-state index is -0.931. The van der Waals surface area contributed by atoms with Crippen LogP contribution >= 0.6 is 11.3 Å². The van der Waals surface area contributed by atoms with Crippen molar-refractivity contribution in [3.05, 3.63) is 45.8 Å². The molecule has 1 aliphatic rings. The van der Waals surface area contributed by atoms with Crippen LogP contribution in [-0.2, 0) is 27.2 Å². The smallest absolute Gasteiger partial charge is 0.341 e. The Bertz CT molecular complexity index is 922. The zero-order chi connectivity index (χ0) is 20.3. The quantitative estimate of drug-likeness (QED) is 0.740. The van der Waals surface area contributed by atoms with E-state index in [1.807, 2.05) is 0 Å². The highest BCUT2D eigenvalue weighted by molar-refractivity contribution is 7.17. The number of para-hydroxylation sites is 1. The van der Waals surface area contributed by atoms with Crippen LogP contribution in [0.5, 0.6) is 0 Å². The van der Waals surface area contributed by atoms with Crippen LogP contribution in [0, 0.1) is 11.6 Å². The number of carbonyl (C=O) groups is 3. The molecular formula is C19H18F2N2O4S. The molecule has 0 unspecified atom stereocenters. The van der Waals surface area contributed by atoms with E-state index in [1.165, 1.54) is 24.3 Å². The van der Waals surface area contributed by atoms with E-state index in [2.05, 4.69) is 10.6 Å². The lowest BCUT2D eigenvalue weighted by atomic mass is 9.95. The first-order chi connectivity index (χ1) is 13.4. The van der Waals surface area contributed by atoms with Gasteiger partial charge in [-0.15, -0.1) is 11.3 Å². The predicted molar refractivity (Wildman–Crippen MR) is 101 cm³/mol. The van der Waals surface area contributed by atoms with Gasteiger partial charge in [0.25, 0.3) is 5.91 Å². The van der Waals surface area contributed by atoms with Crippen LogP contribution < -0.4 is 10.6 Å². The van der Waals surface area contributed by atoms with E-state index in [4.69, 9.17) is 4.74 Å². The van der Waals surface area contributed by atoms with Crippen molar-refractivity contribution in [3.8, 4) is 0 Å². The molecule has 0 atom stereocenters. The number of anilines is 2. The van der Waals surface area contributed by atoms with Gasteiger partial charge < -0.3 is 15.4 Å². The molecule has 2 N–H and O–H groups in total. The molecule has 0 spiro atoms. The van der Waals surface area contributed by atoms with Crippen molar-refractivity contribution in [2.24, 2.45) is 0 Å². The molecule has 2 aromatic rings. The molecule has 0 bridgehead atoms. The van der Waals surface area contributed by atoms with E-state index in [0.717, 1.165) is 41.8 Å². The van der Waals surface area contributed by atoms with Crippen LogP contribution in [0.15, 0.2) is 18.2 Å². The maximum absolute atomic E-state index is 13.6. The summed E-state index contributed by atoms with van der Waals surface area (Å²) >= 11 is 1.33. The highest BCUT2D eigenvalue weighted by Gasteiger charge is 2.27. The molecule has 6 nitrogen and oxygen atoms in total. The molecule has 0 saturated heterocycles. The van der Waals surface area contributed by atoms with E-state index < -0.39 is 35.8 Å². The molecule has 148 valence electrons. The second-order valence-corrected chi connectivity index (χ2v) is 7.42. The molecule has 0 fully saturated rings. The van der Waals surface area contributed by atoms with E-state index in [0.29, 0.717) is 11.4 Å². The second-order valence-electron chi connectivity index (χ2n) is 6.32. The zero-order valence-corrected chi connectivity index (χ0v) is 15.9. The molecule has 3 rings (SSSR count). The third kappa shape index (κ3) is 4.36. The highest BCUT2D eigenvalue weighted by Crippen LogP contribution is 2.38. The Morgan fingerprint density at radius 1 is 1.11 bits per heavy atom. The topological polar surface area (TPSA) is 84.5 Å². The van der Waals surface area contributed by atoms with Gasteiger partial charge in [-0.05, 0) is 43.4 Å². The van der Waals surface area contributed by atoms with Gasteiger partial charge in [-0.1, -0.05) is 6.07 Å². The van der Waals surface area contributed by atoms with Crippen molar-refractivity contribution >= 4 is 39.8 Å². The van der Waals surface area contributed by atoms with Gasteiger partial charge in [0.1, 0.15) is 22.3 Å². The predicted octanol–water partition coefficient (Wildman–Crippen LogP) is 3.66. The summed E-state index contributed by atoms with van der Waals surface area (Å²) in [6, 6.07) is 3.17. The van der Waals surface area contributed by atoms with Gasteiger partial charge in [-0.3, -0.25) is 9.59 Å². The van der Waals surface area contributed by atoms with Crippen LogP contribution in [0.4, 0.5) is 19.5 Å². The number of thiophene rings is 1. The molecule has 28 heavy (non-hydrogen) atoms. The van der Waals surface area contributed by atoms with Crippen molar-refractivity contribution in [1.82, 2.24) is 0 Å². The van der Waals surface area contributed by atoms with Gasteiger partial charge in [0.15, 0.2) is 6.61 Å². The first-order valence-corrected chi connectivity index (χ1v) is 9.51. The Kier molecular flexibility index (Phi) is 6.03. The number of rotatable bonds is 5. The maximum atomic E-state index is 13.6. The largest absolute Gasteiger partial charge is 0.452 e. The van der Waals surface area contributed by atoms with Crippen LogP contribution in [0.1, 0.15) is 40.6 Å². The monoisotopic (exact) mass is 408 g/mol. The number of hydrogen-bond acceptors (Lipinski definition) is 5. The van der Waals surface area contributed by atoms with E-state index in [9.17, 15) is 23.2 Å². The Hall–Kier alpha value is -2.81. The molecule has 1 aromatic heterocycles. The average molecular weight is 408 g/mol. The summed E-state index contributed by atoms with van der Waals surface area (Å²) in [5.74, 6) is -3.81. The number of esters is 1. The number of halogens is 2. The van der Waals surface area contributed by atoms with Crippen LogP contribution in [0.25, 0.3) is 0 Å². The number of aryl methyl sites for hydroxylation is 1. The fourth-order valence-electron chi connectivity index (χ4n) is 3.03. The summed E-state index contributed by atoms with van der Waals surface area (Å²) in [5.41, 5.74) is 0.473. The molecule has 1 aromatic carbocycles. The van der Waals surface area contributed by atoms with Crippen molar-refractivity contribution < 1.29 is 27.9 Å². The normalized spacial score (nSPS) is 12.8. The van der Waals surface area contributed by atoms with E-state index in [-0.39, 0.29) is 11.5 Å². The van der Waals surface area contributed by atoms with E-state index in [1.54, 1.807) is 0 Å². The van der Waals surface area contributed by atoms with E-state index >= 15 is 0 Å². The summed E-state index contributed by atoms with van der Waals surface area (Å²) in [6.07, 6.45) is 3.41. The lowest BCUT2D eigenvalue weighted by molar-refractivity contribution is -0.119. The standard InChI is InChI=1S/C19H18F2N2O4S/c1-10(24)22-18-16(11-5-2-3-8-14(11)28-18)19(26)27-9-15(25)23-17-12(20)6-4-7-13(17)21/h4,6-7H,2-3,5,8-9H2,1H3,(H,22,24)(H,23,25). The molecule has 0 saturated carbocycles. The Balaban J connectivity index is 1.72. The van der Waals surface area contributed by atoms with Crippen molar-refractivity contribution in [2.75, 3.05) is 17.2 Å². The average Bonchev–Trinajstić information content (AvgIpc) is 3.00. The SMILES string of the molecule is CC(=O)Nc1sc2c(c1C(=O)OCC(=O)Nc1c(F)cccc1F)CCCC2. The Morgan fingerprint density at radius 3 is 2.46 bits per heavy atom. The number of benzene rings is 1. The number of ether oxygens (including phenoxy) is 1. The number of hydrogen-bond donors (Lipinski definition) is 2. The summed E-state index contributed by atoms with van der Waals surface area (Å²) < 4.78 is 32.2. The zero-order valence-electron chi connectivity index (χ0n) is 15.1. The minimum absolute atomic E-state index is 0.250. The van der Waals surface area contributed by atoms with Gasteiger partial charge in [0.05, 0.1) is 5.56 Å². The first-order valence-electron chi connectivity index (χ1n) is 8.70. The Labute approximate surface area is 163 Å². The minimum Gasteiger partial charge on any atom is -0.452 e. The first kappa shape index (κ1) is 19.9. The van der Waals surface area contributed by atoms with Crippen LogP contribution in [-0.4, -0.2) is 24.4 Å². The summed E-state index contributed by atoms with van der Waals surface area (Å²) in [6.45, 7) is 0.626. The van der Waals surface area contributed by atoms with Gasteiger partial charge in [0.2, 0.25) is 5.91 Å². The number of carbonyl (C=O) groups excluding carboxylic acids is 3. The summed E-state index contributed by atoms with van der Waals surface area (Å²) in [7, 11) is 0. The molecule has 9 heteroatoms. The maximum Gasteiger partial charge on any atom is 0.341 e. The lowest BCUT2D eigenvalue weighted by Crippen LogP contribution is -2.23. The summed E-state index contributed by atoms with van der Waals surface area (Å²) in [4.78, 5) is 37.0. The molecule has 0 aliphatic heterocycles. The fraction of sp³-hybridized carbons (Fsp3) is 0.316. The van der Waals surface area contributed by atoms with Crippen LogP contribution in [0.3, 0.4) is 0 Å². The third-order valence-electron chi connectivity index (χ3n) is 4.23. The van der Waals surface area contributed by atoms with Crippen molar-refractivity contribution in [1.29, 1.82) is 0 Å². The molecule has 1 heterocycles. The Morgan fingerprint density at radius 2 is 1.79 bits per heavy atom. The van der Waals surface area contributed by atoms with Crippen molar-refractivity contribution in [2.45, 2.75) is 32.6 Å². The fourth-order valence-corrected chi connectivity index (χ4v) is 4.35. The van der Waals surface area contributed by atoms with Gasteiger partial charge in [-0.2, -0.15) is 0 Å². The lowest BCUT2D eigenvalue weighted by Gasteiger charge is -2.13. The van der Waals surface area contributed by atoms with Gasteiger partial charge in [-0.25, -0.2) is 13.6 Å². The molecule has 0 radical (unpaired) electrons. The molecule has 2 amide bonds. The number of nitrogens with one attached hydrogen (secondary N) is 2. The van der Waals surface area contributed by atoms with Crippen LogP contribution in [0.2, 0.25) is 0 Å². The third-order valence-corrected chi connectivity index (χ3v) is 5.43.